The molecule has 0 saturated carbocycles. The third kappa shape index (κ3) is 4.12. The summed E-state index contributed by atoms with van der Waals surface area (Å²) in [6.07, 6.45) is 0. The molecule has 0 radical (unpaired) electrons. The van der Waals surface area contributed by atoms with Crippen molar-refractivity contribution >= 4 is 11.6 Å². The summed E-state index contributed by atoms with van der Waals surface area (Å²) in [5.74, 6) is 1.50. The summed E-state index contributed by atoms with van der Waals surface area (Å²) in [5, 5.41) is 20.0. The first kappa shape index (κ1) is 20.1. The Kier molecular flexibility index (Phi) is 5.95. The molecule has 0 saturated heterocycles. The van der Waals surface area contributed by atoms with Crippen LogP contribution in [0, 0.1) is 6.92 Å². The SMILES string of the molecule is Cc1[nH]nc(-c2ccccc2NC(=O)c2ccccc2)[n+]1-c1ccc(O)cc1.[Cl-]. The van der Waals surface area contributed by atoms with E-state index in [9.17, 15) is 9.90 Å². The van der Waals surface area contributed by atoms with E-state index in [1.807, 2.05) is 66.1 Å². The zero-order valence-electron chi connectivity index (χ0n) is 15.6. The predicted octanol–water partition coefficient (Wildman–Crippen LogP) is 0.624. The number of phenolic OH excluding ortho intramolecular Hbond substituents is 1. The van der Waals surface area contributed by atoms with Gasteiger partial charge in [-0.2, -0.15) is 4.57 Å². The van der Waals surface area contributed by atoms with Crippen molar-refractivity contribution < 1.29 is 26.9 Å². The summed E-state index contributed by atoms with van der Waals surface area (Å²) in [6, 6.07) is 23.5. The number of hydrogen-bond acceptors (Lipinski definition) is 3. The Morgan fingerprint density at radius 3 is 2.34 bits per heavy atom. The number of aromatic nitrogens is 3. The second kappa shape index (κ2) is 8.58. The second-order valence-corrected chi connectivity index (χ2v) is 6.35. The lowest BCUT2D eigenvalue weighted by molar-refractivity contribution is -0.591. The molecule has 0 aliphatic rings. The van der Waals surface area contributed by atoms with Gasteiger partial charge in [-0.05, 0) is 48.5 Å². The van der Waals surface area contributed by atoms with E-state index < -0.39 is 0 Å². The van der Waals surface area contributed by atoms with Gasteiger partial charge in [0.25, 0.3) is 5.91 Å². The van der Waals surface area contributed by atoms with Crippen LogP contribution in [0.3, 0.4) is 0 Å². The van der Waals surface area contributed by atoms with Gasteiger partial charge in [0, 0.05) is 17.6 Å². The Morgan fingerprint density at radius 1 is 0.966 bits per heavy atom. The molecule has 0 aliphatic carbocycles. The number of carbonyl (C=O) groups is 1. The summed E-state index contributed by atoms with van der Waals surface area (Å²) in [5.41, 5.74) is 2.88. The number of carbonyl (C=O) groups excluding carboxylic acids is 1. The quantitative estimate of drug-likeness (QED) is 0.435. The first-order valence-electron chi connectivity index (χ1n) is 8.86. The number of amides is 1. The molecular formula is C22H19ClN4O2. The summed E-state index contributed by atoms with van der Waals surface area (Å²) < 4.78 is 1.94. The number of nitrogens with one attached hydrogen (secondary N) is 2. The lowest BCUT2D eigenvalue weighted by Crippen LogP contribution is -3.00. The highest BCUT2D eigenvalue weighted by atomic mass is 35.5. The molecule has 4 rings (SSSR count). The molecule has 7 heteroatoms. The number of anilines is 1. The topological polar surface area (TPSA) is 81.9 Å². The van der Waals surface area contributed by atoms with Crippen LogP contribution in [0.2, 0.25) is 0 Å². The Bertz CT molecular complexity index is 1130. The maximum absolute atomic E-state index is 12.6. The van der Waals surface area contributed by atoms with Crippen LogP contribution in [0.15, 0.2) is 78.9 Å². The van der Waals surface area contributed by atoms with Crippen LogP contribution in [0.1, 0.15) is 16.2 Å². The molecule has 0 fully saturated rings. The van der Waals surface area contributed by atoms with Crippen molar-refractivity contribution in [2.75, 3.05) is 5.32 Å². The fraction of sp³-hybridized carbons (Fsp3) is 0.0455. The number of benzene rings is 3. The summed E-state index contributed by atoms with van der Waals surface area (Å²) >= 11 is 0. The average molecular weight is 407 g/mol. The van der Waals surface area contributed by atoms with Crippen molar-refractivity contribution in [3.63, 3.8) is 0 Å². The molecule has 0 aliphatic heterocycles. The van der Waals surface area contributed by atoms with E-state index in [1.165, 1.54) is 0 Å². The number of halogens is 1. The fourth-order valence-electron chi connectivity index (χ4n) is 3.06. The molecule has 6 nitrogen and oxygen atoms in total. The number of aromatic amines is 1. The molecule has 1 aromatic heterocycles. The van der Waals surface area contributed by atoms with Crippen LogP contribution in [0.25, 0.3) is 17.1 Å². The lowest BCUT2D eigenvalue weighted by Gasteiger charge is -2.09. The Hall–Kier alpha value is -3.64. The van der Waals surface area contributed by atoms with Crippen molar-refractivity contribution in [3.8, 4) is 22.8 Å². The van der Waals surface area contributed by atoms with Gasteiger partial charge < -0.3 is 22.8 Å². The molecule has 146 valence electrons. The molecular weight excluding hydrogens is 388 g/mol. The Morgan fingerprint density at radius 2 is 1.62 bits per heavy atom. The van der Waals surface area contributed by atoms with E-state index >= 15 is 0 Å². The third-order valence-corrected chi connectivity index (χ3v) is 4.43. The maximum atomic E-state index is 12.6. The van der Waals surface area contributed by atoms with Crippen LogP contribution < -0.4 is 22.3 Å². The van der Waals surface area contributed by atoms with Gasteiger partial charge in [-0.1, -0.05) is 30.3 Å². The van der Waals surface area contributed by atoms with Gasteiger partial charge in [-0.25, -0.2) is 0 Å². The van der Waals surface area contributed by atoms with Gasteiger partial charge in [0.15, 0.2) is 0 Å². The lowest BCUT2D eigenvalue weighted by atomic mass is 10.1. The van der Waals surface area contributed by atoms with Gasteiger partial charge in [-0.3, -0.25) is 4.79 Å². The first-order chi connectivity index (χ1) is 13.6. The van der Waals surface area contributed by atoms with Gasteiger partial charge in [0.05, 0.1) is 11.3 Å². The highest BCUT2D eigenvalue weighted by Gasteiger charge is 2.24. The fourth-order valence-corrected chi connectivity index (χ4v) is 3.06. The van der Waals surface area contributed by atoms with Crippen LogP contribution in [-0.4, -0.2) is 21.2 Å². The van der Waals surface area contributed by atoms with E-state index in [1.54, 1.807) is 24.3 Å². The minimum atomic E-state index is -0.184. The second-order valence-electron chi connectivity index (χ2n) is 6.35. The molecule has 3 N–H and O–H groups in total. The summed E-state index contributed by atoms with van der Waals surface area (Å²) in [6.45, 7) is 1.91. The number of H-pyrrole nitrogens is 1. The van der Waals surface area contributed by atoms with Crippen LogP contribution in [0.5, 0.6) is 5.75 Å². The van der Waals surface area contributed by atoms with Gasteiger partial charge in [-0.15, -0.1) is 5.10 Å². The van der Waals surface area contributed by atoms with E-state index in [2.05, 4.69) is 15.5 Å². The number of para-hydroxylation sites is 1. The van der Waals surface area contributed by atoms with Gasteiger partial charge in [0.1, 0.15) is 11.4 Å². The Balaban J connectivity index is 0.00000240. The molecule has 29 heavy (non-hydrogen) atoms. The van der Waals surface area contributed by atoms with Gasteiger partial charge >= 0.3 is 5.82 Å². The zero-order chi connectivity index (χ0) is 19.5. The highest BCUT2D eigenvalue weighted by molar-refractivity contribution is 6.05. The van der Waals surface area contributed by atoms with E-state index in [0.717, 1.165) is 17.1 Å². The minimum absolute atomic E-state index is 0. The highest BCUT2D eigenvalue weighted by Crippen LogP contribution is 2.26. The normalized spacial score (nSPS) is 10.2. The van der Waals surface area contributed by atoms with Crippen LogP contribution >= 0.6 is 0 Å². The molecule has 1 heterocycles. The number of hydrogen-bond donors (Lipinski definition) is 3. The van der Waals surface area contributed by atoms with E-state index in [0.29, 0.717) is 17.1 Å². The molecule has 0 atom stereocenters. The predicted molar refractivity (Wildman–Crippen MR) is 106 cm³/mol. The molecule has 0 bridgehead atoms. The number of aryl methyl sites for hydroxylation is 1. The third-order valence-electron chi connectivity index (χ3n) is 4.43. The Labute approximate surface area is 174 Å². The molecule has 4 aromatic rings. The zero-order valence-corrected chi connectivity index (χ0v) is 16.4. The number of phenols is 1. The standard InChI is InChI=1S/C22H18N4O2.ClH/c1-15-24-25-21(26(15)17-11-13-18(27)14-12-17)19-9-5-6-10-20(19)23-22(28)16-7-3-2-4-8-16;/h2-14H,1H3,(H2,23,25,27,28);1H. The molecule has 1 amide bonds. The minimum Gasteiger partial charge on any atom is -1.00 e. The van der Waals surface area contributed by atoms with Crippen molar-refractivity contribution in [3.05, 3.63) is 90.3 Å². The first-order valence-corrected chi connectivity index (χ1v) is 8.86. The maximum Gasteiger partial charge on any atom is 0.315 e. The smallest absolute Gasteiger partial charge is 0.315 e. The van der Waals surface area contributed by atoms with Crippen molar-refractivity contribution in [2.24, 2.45) is 0 Å². The molecule has 0 unspecified atom stereocenters. The average Bonchev–Trinajstić information content (AvgIpc) is 3.11. The number of rotatable bonds is 4. The monoisotopic (exact) mass is 406 g/mol. The van der Waals surface area contributed by atoms with Crippen molar-refractivity contribution in [1.82, 2.24) is 10.2 Å². The van der Waals surface area contributed by atoms with E-state index in [4.69, 9.17) is 0 Å². The largest absolute Gasteiger partial charge is 1.00 e. The molecule has 3 aromatic carbocycles. The molecule has 0 spiro atoms. The van der Waals surface area contributed by atoms with E-state index in [-0.39, 0.29) is 24.1 Å². The van der Waals surface area contributed by atoms with Crippen LogP contribution in [0.4, 0.5) is 5.69 Å². The van der Waals surface area contributed by atoms with Crippen molar-refractivity contribution in [1.29, 1.82) is 0 Å². The number of nitrogens with zero attached hydrogens (tertiary/aromatic N) is 2. The summed E-state index contributed by atoms with van der Waals surface area (Å²) in [7, 11) is 0. The number of aromatic hydroxyl groups is 1. The summed E-state index contributed by atoms with van der Waals surface area (Å²) in [4.78, 5) is 12.6. The van der Waals surface area contributed by atoms with Gasteiger partial charge in [0.2, 0.25) is 5.82 Å². The van der Waals surface area contributed by atoms with Crippen molar-refractivity contribution in [2.45, 2.75) is 6.92 Å². The van der Waals surface area contributed by atoms with Crippen LogP contribution in [-0.2, 0) is 0 Å².